The zero-order valence-corrected chi connectivity index (χ0v) is 38.5. The predicted molar refractivity (Wildman–Crippen MR) is 236 cm³/mol. The van der Waals surface area contributed by atoms with Crippen molar-refractivity contribution in [2.75, 3.05) is 39.5 Å². The largest absolute Gasteiger partial charge is 0.445 e. The van der Waals surface area contributed by atoms with E-state index < -0.39 is 53.8 Å². The van der Waals surface area contributed by atoms with E-state index in [0.29, 0.717) is 90.9 Å². The molecule has 4 aliphatic heterocycles. The zero-order valence-electron chi connectivity index (χ0n) is 38.5. The van der Waals surface area contributed by atoms with Gasteiger partial charge < -0.3 is 58.9 Å². The Kier molecular flexibility index (Phi) is 18.2. The Hall–Kier alpha value is -6.25. The van der Waals surface area contributed by atoms with Gasteiger partial charge in [-0.2, -0.15) is 0 Å². The summed E-state index contributed by atoms with van der Waals surface area (Å²) in [4.78, 5) is 100. The lowest BCUT2D eigenvalue weighted by molar-refractivity contribution is -0.191. The number of nitrogens with zero attached hydrogens (tertiary/aromatic N) is 3. The molecule has 2 saturated carbocycles. The molecule has 2 aliphatic carbocycles. The fourth-order valence-corrected chi connectivity index (χ4v) is 9.47. The molecule has 0 bridgehead atoms. The van der Waals surface area contributed by atoms with Crippen molar-refractivity contribution in [1.82, 2.24) is 25.8 Å². The lowest BCUT2D eigenvalue weighted by Gasteiger charge is -2.44. The smallest absolute Gasteiger partial charge is 0.408 e. The third-order valence-corrected chi connectivity index (χ3v) is 12.4. The van der Waals surface area contributed by atoms with Crippen LogP contribution in [0.1, 0.15) is 83.3 Å². The van der Waals surface area contributed by atoms with Crippen LogP contribution >= 0.6 is 0 Å². The quantitative estimate of drug-likeness (QED) is 0.102. The molecule has 368 valence electrons. The number of benzene rings is 2. The normalized spacial score (nSPS) is 25.5. The van der Waals surface area contributed by atoms with Crippen LogP contribution in [0, 0.1) is 0 Å². The molecule has 0 radical (unpaired) electrons. The van der Waals surface area contributed by atoms with Gasteiger partial charge in [-0.15, -0.1) is 0 Å². The standard InChI is InChI=1S/C22H29N3O6.C21H25N3O6.C4H6O3/c1-15(26)23-18-13-22(30-11-12-31-22)9-7-19(18)25-10-8-17(20(25)27)24-21(28)29-14-16-5-3-2-4-6-16;25-14-22-17-12-21(29-10-11-30-21)8-6-18(17)24-9-7-16(19(24)26)23-20(27)28-13-15-4-2-1-3-5-15;1-3(5)7-4(2)6/h2-6,17-19H,7-14H2,1H3,(H,23,26)(H,24,28);1-5,16-18H,6-13H2,(H,23,27);1-2H3/t17-,18+,19?;16-,17+,18?;/m00./s1. The van der Waals surface area contributed by atoms with Gasteiger partial charge in [0.15, 0.2) is 11.6 Å². The summed E-state index contributed by atoms with van der Waals surface area (Å²) < 4.78 is 37.6. The summed E-state index contributed by atoms with van der Waals surface area (Å²) >= 11 is 0. The molecule has 6 atom stereocenters. The number of ether oxygens (including phenoxy) is 7. The molecule has 2 spiro atoms. The summed E-state index contributed by atoms with van der Waals surface area (Å²) in [6.45, 7) is 7.21. The molecule has 21 nitrogen and oxygen atoms in total. The van der Waals surface area contributed by atoms with Gasteiger partial charge >= 0.3 is 24.1 Å². The van der Waals surface area contributed by atoms with Crippen LogP contribution in [-0.4, -0.2) is 145 Å². The third-order valence-electron chi connectivity index (χ3n) is 12.4. The molecule has 6 aliphatic rings. The molecular weight excluding hydrogens is 889 g/mol. The van der Waals surface area contributed by atoms with Crippen LogP contribution in [0.25, 0.3) is 0 Å². The van der Waals surface area contributed by atoms with Crippen LogP contribution in [0.15, 0.2) is 65.7 Å². The molecule has 2 aromatic rings. The van der Waals surface area contributed by atoms with Crippen LogP contribution in [0.2, 0.25) is 0 Å². The number of hydrogen-bond donors (Lipinski definition) is 3. The van der Waals surface area contributed by atoms with Crippen molar-refractivity contribution < 1.29 is 71.5 Å². The van der Waals surface area contributed by atoms with Gasteiger partial charge in [0, 0.05) is 59.5 Å². The van der Waals surface area contributed by atoms with E-state index in [9.17, 15) is 38.4 Å². The lowest BCUT2D eigenvalue weighted by Crippen LogP contribution is -2.59. The first-order chi connectivity index (χ1) is 32.7. The minimum atomic E-state index is -0.719. The maximum atomic E-state index is 13.0. The van der Waals surface area contributed by atoms with E-state index in [1.54, 1.807) is 15.9 Å². The monoisotopic (exact) mass is 948 g/mol. The van der Waals surface area contributed by atoms with Crippen molar-refractivity contribution in [2.24, 2.45) is 4.99 Å². The van der Waals surface area contributed by atoms with E-state index in [2.05, 4.69) is 25.7 Å². The first-order valence-electron chi connectivity index (χ1n) is 22.8. The summed E-state index contributed by atoms with van der Waals surface area (Å²) in [6, 6.07) is 16.3. The maximum absolute atomic E-state index is 13.0. The Balaban J connectivity index is 0.000000197. The molecule has 2 aromatic carbocycles. The van der Waals surface area contributed by atoms with Gasteiger partial charge in [-0.05, 0) is 36.8 Å². The van der Waals surface area contributed by atoms with E-state index in [1.807, 2.05) is 60.7 Å². The highest BCUT2D eigenvalue weighted by molar-refractivity contribution is 5.88. The van der Waals surface area contributed by atoms with Gasteiger partial charge in [0.05, 0.1) is 50.6 Å². The Morgan fingerprint density at radius 3 is 1.51 bits per heavy atom. The number of carbonyl (C=O) groups is 7. The number of hydrogen-bond acceptors (Lipinski definition) is 16. The number of esters is 2. The second kappa shape index (κ2) is 24.2. The van der Waals surface area contributed by atoms with Gasteiger partial charge in [0.1, 0.15) is 25.3 Å². The average Bonchev–Trinajstić information content (AvgIpc) is 4.12. The highest BCUT2D eigenvalue weighted by atomic mass is 16.7. The van der Waals surface area contributed by atoms with Crippen molar-refractivity contribution in [3.05, 3.63) is 71.8 Å². The Labute approximate surface area is 393 Å². The SMILES string of the molecule is CC(=O)N[C@@H]1CC2(CCC1N1CC[C@H](NC(=O)OCc3ccccc3)C1=O)OCCO2.CC(=O)OC(C)=O.O=C=N[C@@H]1CC2(CCC1N1CC[C@H](NC(=O)OCc3ccccc3)C1=O)OCCO2. The van der Waals surface area contributed by atoms with Gasteiger partial charge in [0.25, 0.3) is 0 Å². The second-order valence-corrected chi connectivity index (χ2v) is 17.2. The summed E-state index contributed by atoms with van der Waals surface area (Å²) in [5.74, 6) is -3.02. The van der Waals surface area contributed by atoms with E-state index in [1.165, 1.54) is 20.8 Å². The molecule has 68 heavy (non-hydrogen) atoms. The summed E-state index contributed by atoms with van der Waals surface area (Å²) in [5.41, 5.74) is 1.75. The van der Waals surface area contributed by atoms with Crippen molar-refractivity contribution >= 4 is 47.9 Å². The molecule has 8 rings (SSSR count). The van der Waals surface area contributed by atoms with Crippen LogP contribution in [0.4, 0.5) is 9.59 Å². The van der Waals surface area contributed by atoms with Crippen LogP contribution in [0.3, 0.4) is 0 Å². The number of likely N-dealkylation sites (tertiary alicyclic amines) is 2. The Bertz CT molecular complexity index is 2120. The minimum absolute atomic E-state index is 0.137. The van der Waals surface area contributed by atoms with E-state index in [0.717, 1.165) is 11.1 Å². The summed E-state index contributed by atoms with van der Waals surface area (Å²) in [6.07, 6.45) is 4.82. The number of amides is 5. The fraction of sp³-hybridized carbons (Fsp3) is 0.574. The zero-order chi connectivity index (χ0) is 48.7. The van der Waals surface area contributed by atoms with Crippen molar-refractivity contribution in [1.29, 1.82) is 0 Å². The molecule has 4 saturated heterocycles. The Morgan fingerprint density at radius 2 is 1.09 bits per heavy atom. The number of nitrogens with one attached hydrogen (secondary N) is 3. The molecule has 21 heteroatoms. The van der Waals surface area contributed by atoms with Crippen molar-refractivity contribution in [3.8, 4) is 0 Å². The summed E-state index contributed by atoms with van der Waals surface area (Å²) in [5, 5.41) is 8.31. The van der Waals surface area contributed by atoms with Crippen LogP contribution < -0.4 is 16.0 Å². The number of isocyanates is 1. The summed E-state index contributed by atoms with van der Waals surface area (Å²) in [7, 11) is 0. The highest BCUT2D eigenvalue weighted by Crippen LogP contribution is 2.41. The first kappa shape index (κ1) is 51.1. The van der Waals surface area contributed by atoms with Gasteiger partial charge in [-0.3, -0.25) is 24.0 Å². The fourth-order valence-electron chi connectivity index (χ4n) is 9.47. The average molecular weight is 949 g/mol. The minimum Gasteiger partial charge on any atom is -0.445 e. The topological polar surface area (TPSA) is 256 Å². The van der Waals surface area contributed by atoms with Crippen LogP contribution in [-0.2, 0) is 75.1 Å². The molecule has 4 heterocycles. The molecule has 2 unspecified atom stereocenters. The maximum Gasteiger partial charge on any atom is 0.408 e. The van der Waals surface area contributed by atoms with E-state index in [-0.39, 0.29) is 49.1 Å². The van der Waals surface area contributed by atoms with Crippen molar-refractivity contribution in [3.63, 3.8) is 0 Å². The Morgan fingerprint density at radius 1 is 0.647 bits per heavy atom. The number of alkyl carbamates (subject to hydrolysis) is 2. The van der Waals surface area contributed by atoms with Crippen LogP contribution in [0.5, 0.6) is 0 Å². The second-order valence-electron chi connectivity index (χ2n) is 17.2. The van der Waals surface area contributed by atoms with Gasteiger partial charge in [0.2, 0.25) is 23.8 Å². The molecule has 5 amide bonds. The number of carbonyl (C=O) groups excluding carboxylic acids is 8. The highest BCUT2D eigenvalue weighted by Gasteiger charge is 2.51. The van der Waals surface area contributed by atoms with Crippen molar-refractivity contribution in [2.45, 2.75) is 133 Å². The number of rotatable bonds is 10. The molecule has 6 fully saturated rings. The van der Waals surface area contributed by atoms with Gasteiger partial charge in [-0.1, -0.05) is 60.7 Å². The third kappa shape index (κ3) is 14.1. The molecule has 3 N–H and O–H groups in total. The first-order valence-corrected chi connectivity index (χ1v) is 22.8. The number of aliphatic imine (C=N–C) groups is 1. The molecule has 0 aromatic heterocycles. The van der Waals surface area contributed by atoms with E-state index >= 15 is 0 Å². The van der Waals surface area contributed by atoms with E-state index in [4.69, 9.17) is 28.4 Å². The lowest BCUT2D eigenvalue weighted by atomic mass is 9.84. The molecular formula is C47H60N6O15. The van der Waals surface area contributed by atoms with Gasteiger partial charge in [-0.25, -0.2) is 19.4 Å². The predicted octanol–water partition coefficient (Wildman–Crippen LogP) is 2.92.